The average molecular weight is 1040 g/mol. The zero-order valence-corrected chi connectivity index (χ0v) is 49.4. The van der Waals surface area contributed by atoms with Crippen LogP contribution in [0.5, 0.6) is 0 Å². The molecule has 6 nitrogen and oxygen atoms in total. The van der Waals surface area contributed by atoms with Crippen molar-refractivity contribution in [1.82, 2.24) is 0 Å². The molecule has 0 N–H and O–H groups in total. The molecule has 1 unspecified atom stereocenters. The maximum atomic E-state index is 12.9. The number of esters is 3. The molecule has 0 aromatic heterocycles. The van der Waals surface area contributed by atoms with Gasteiger partial charge in [-0.05, 0) is 89.9 Å². The molecule has 0 radical (unpaired) electrons. The fraction of sp³-hybridized carbons (Fsp3) is 0.809. The fourth-order valence-corrected chi connectivity index (χ4v) is 9.36. The Hall–Kier alpha value is -2.89. The standard InChI is InChI=1S/C68H122O6/c1-4-7-10-13-16-19-22-25-27-29-30-31-32-33-34-35-36-37-38-39-41-43-46-49-52-55-58-61-67(70)73-64-65(63-72-66(69)60-57-54-51-48-45-42-24-21-18-15-12-9-6-3)74-68(71)62-59-56-53-50-47-44-40-28-26-23-20-17-14-11-8-5-2/h20,22-23,25,28-30,32-33,40,65H,4-19,21,24,26-27,31,34-39,41-64H2,1-3H3/b23-20-,25-22-,30-29-,33-32-,40-28-. The highest BCUT2D eigenvalue weighted by molar-refractivity contribution is 5.71. The normalized spacial score (nSPS) is 12.4. The lowest BCUT2D eigenvalue weighted by Crippen LogP contribution is -2.30. The van der Waals surface area contributed by atoms with Crippen LogP contribution in [0, 0.1) is 0 Å². The summed E-state index contributed by atoms with van der Waals surface area (Å²) in [6, 6.07) is 0. The molecule has 0 aliphatic rings. The van der Waals surface area contributed by atoms with Crippen LogP contribution in [0.15, 0.2) is 60.8 Å². The van der Waals surface area contributed by atoms with Crippen LogP contribution in [0.3, 0.4) is 0 Å². The van der Waals surface area contributed by atoms with E-state index in [-0.39, 0.29) is 31.1 Å². The first-order chi connectivity index (χ1) is 36.5. The summed E-state index contributed by atoms with van der Waals surface area (Å²) in [7, 11) is 0. The van der Waals surface area contributed by atoms with Gasteiger partial charge in [0.15, 0.2) is 6.10 Å². The Balaban J connectivity index is 4.26. The minimum absolute atomic E-state index is 0.0769. The Morgan fingerprint density at radius 1 is 0.270 bits per heavy atom. The van der Waals surface area contributed by atoms with Crippen LogP contribution in [0.1, 0.15) is 335 Å². The highest BCUT2D eigenvalue weighted by Crippen LogP contribution is 2.17. The molecule has 0 aromatic carbocycles. The van der Waals surface area contributed by atoms with Gasteiger partial charge >= 0.3 is 17.9 Å². The Morgan fingerprint density at radius 3 is 0.770 bits per heavy atom. The fourth-order valence-electron chi connectivity index (χ4n) is 9.36. The first-order valence-electron chi connectivity index (χ1n) is 32.3. The molecule has 0 spiro atoms. The molecule has 0 rings (SSSR count). The maximum Gasteiger partial charge on any atom is 0.306 e. The predicted octanol–water partition coefficient (Wildman–Crippen LogP) is 21.9. The van der Waals surface area contributed by atoms with E-state index in [9.17, 15) is 14.4 Å². The number of hydrogen-bond acceptors (Lipinski definition) is 6. The number of ether oxygens (including phenoxy) is 3. The van der Waals surface area contributed by atoms with E-state index in [4.69, 9.17) is 14.2 Å². The molecular formula is C68H122O6. The molecule has 0 fully saturated rings. The van der Waals surface area contributed by atoms with E-state index in [1.54, 1.807) is 0 Å². The van der Waals surface area contributed by atoms with Crippen LogP contribution in [-0.4, -0.2) is 37.2 Å². The van der Waals surface area contributed by atoms with Gasteiger partial charge in [-0.1, -0.05) is 287 Å². The lowest BCUT2D eigenvalue weighted by atomic mass is 10.0. The number of hydrogen-bond donors (Lipinski definition) is 0. The van der Waals surface area contributed by atoms with Gasteiger partial charge in [-0.2, -0.15) is 0 Å². The van der Waals surface area contributed by atoms with E-state index in [2.05, 4.69) is 81.5 Å². The first kappa shape index (κ1) is 71.1. The number of carbonyl (C=O) groups excluding carboxylic acids is 3. The van der Waals surface area contributed by atoms with Crippen LogP contribution in [0.2, 0.25) is 0 Å². The first-order valence-corrected chi connectivity index (χ1v) is 32.3. The third-order valence-electron chi connectivity index (χ3n) is 14.2. The van der Waals surface area contributed by atoms with E-state index >= 15 is 0 Å². The van der Waals surface area contributed by atoms with Gasteiger partial charge < -0.3 is 14.2 Å². The van der Waals surface area contributed by atoms with Gasteiger partial charge in [0.05, 0.1) is 0 Å². The number of rotatable bonds is 59. The highest BCUT2D eigenvalue weighted by Gasteiger charge is 2.19. The molecule has 74 heavy (non-hydrogen) atoms. The Morgan fingerprint density at radius 2 is 0.486 bits per heavy atom. The van der Waals surface area contributed by atoms with Crippen LogP contribution in [-0.2, 0) is 28.6 Å². The van der Waals surface area contributed by atoms with E-state index in [1.807, 2.05) is 0 Å². The van der Waals surface area contributed by atoms with Crippen molar-refractivity contribution in [3.8, 4) is 0 Å². The summed E-state index contributed by atoms with van der Waals surface area (Å²) in [5.41, 5.74) is 0. The molecule has 0 aromatic rings. The summed E-state index contributed by atoms with van der Waals surface area (Å²) in [6.45, 7) is 6.64. The summed E-state index contributed by atoms with van der Waals surface area (Å²) in [5, 5.41) is 0. The summed E-state index contributed by atoms with van der Waals surface area (Å²) in [6.07, 6.45) is 79.4. The quantitative estimate of drug-likeness (QED) is 0.0261. The summed E-state index contributed by atoms with van der Waals surface area (Å²) >= 11 is 0. The van der Waals surface area contributed by atoms with Crippen molar-refractivity contribution in [2.24, 2.45) is 0 Å². The van der Waals surface area contributed by atoms with Crippen LogP contribution >= 0.6 is 0 Å². The van der Waals surface area contributed by atoms with Gasteiger partial charge in [-0.25, -0.2) is 0 Å². The molecule has 0 aliphatic heterocycles. The summed E-state index contributed by atoms with van der Waals surface area (Å²) in [4.78, 5) is 38.3. The second kappa shape index (κ2) is 62.6. The van der Waals surface area contributed by atoms with Crippen LogP contribution < -0.4 is 0 Å². The topological polar surface area (TPSA) is 78.9 Å². The SMILES string of the molecule is CCCCCC/C=C\C/C=C\CCCCCCCC(=O)OC(COC(=O)CCCCCCCCCCCCCCC)COC(=O)CCCCCCCCCCCCCC/C=C\C/C=C\C/C=C\CCCCCCC. The van der Waals surface area contributed by atoms with Gasteiger partial charge in [0.1, 0.15) is 13.2 Å². The second-order valence-corrected chi connectivity index (χ2v) is 21.7. The van der Waals surface area contributed by atoms with Crippen LogP contribution in [0.4, 0.5) is 0 Å². The molecule has 0 saturated heterocycles. The zero-order chi connectivity index (χ0) is 53.6. The monoisotopic (exact) mass is 1030 g/mol. The smallest absolute Gasteiger partial charge is 0.306 e. The van der Waals surface area contributed by atoms with Gasteiger partial charge in [-0.3, -0.25) is 14.4 Å². The molecule has 6 heteroatoms. The van der Waals surface area contributed by atoms with Crippen molar-refractivity contribution >= 4 is 17.9 Å². The van der Waals surface area contributed by atoms with Gasteiger partial charge in [0.25, 0.3) is 0 Å². The lowest BCUT2D eigenvalue weighted by molar-refractivity contribution is -0.167. The van der Waals surface area contributed by atoms with Gasteiger partial charge in [-0.15, -0.1) is 0 Å². The maximum absolute atomic E-state index is 12.9. The highest BCUT2D eigenvalue weighted by atomic mass is 16.6. The molecule has 0 heterocycles. The average Bonchev–Trinajstić information content (AvgIpc) is 3.40. The second-order valence-electron chi connectivity index (χ2n) is 21.7. The van der Waals surface area contributed by atoms with Crippen molar-refractivity contribution in [3.05, 3.63) is 60.8 Å². The van der Waals surface area contributed by atoms with E-state index in [1.165, 1.54) is 199 Å². The third-order valence-corrected chi connectivity index (χ3v) is 14.2. The minimum Gasteiger partial charge on any atom is -0.462 e. The molecule has 0 aliphatic carbocycles. The molecule has 0 amide bonds. The zero-order valence-electron chi connectivity index (χ0n) is 49.4. The predicted molar refractivity (Wildman–Crippen MR) is 321 cm³/mol. The molecule has 0 saturated carbocycles. The Bertz CT molecular complexity index is 1330. The largest absolute Gasteiger partial charge is 0.462 e. The van der Waals surface area contributed by atoms with Crippen molar-refractivity contribution in [3.63, 3.8) is 0 Å². The van der Waals surface area contributed by atoms with Gasteiger partial charge in [0.2, 0.25) is 0 Å². The Labute approximate surface area is 460 Å². The summed E-state index contributed by atoms with van der Waals surface area (Å²) < 4.78 is 16.9. The van der Waals surface area contributed by atoms with Crippen molar-refractivity contribution < 1.29 is 28.6 Å². The van der Waals surface area contributed by atoms with E-state index in [0.29, 0.717) is 19.3 Å². The van der Waals surface area contributed by atoms with Crippen molar-refractivity contribution in [2.45, 2.75) is 341 Å². The molecular weight excluding hydrogens is 913 g/mol. The molecule has 430 valence electrons. The number of carbonyl (C=O) groups is 3. The summed E-state index contributed by atoms with van der Waals surface area (Å²) in [5.74, 6) is -0.876. The number of allylic oxidation sites excluding steroid dienone is 10. The van der Waals surface area contributed by atoms with Crippen LogP contribution in [0.25, 0.3) is 0 Å². The van der Waals surface area contributed by atoms with E-state index < -0.39 is 6.10 Å². The van der Waals surface area contributed by atoms with E-state index in [0.717, 1.165) is 96.3 Å². The minimum atomic E-state index is -0.781. The molecule has 1 atom stereocenters. The molecule has 0 bridgehead atoms. The van der Waals surface area contributed by atoms with Crippen molar-refractivity contribution in [1.29, 1.82) is 0 Å². The number of unbranched alkanes of at least 4 members (excludes halogenated alkanes) is 38. The Kier molecular flexibility index (Phi) is 60.2. The lowest BCUT2D eigenvalue weighted by Gasteiger charge is -2.18. The van der Waals surface area contributed by atoms with Crippen molar-refractivity contribution in [2.75, 3.05) is 13.2 Å². The van der Waals surface area contributed by atoms with Gasteiger partial charge in [0, 0.05) is 19.3 Å². The third kappa shape index (κ3) is 60.0.